The number of carbonyl (C=O) groups is 1. The average Bonchev–Trinajstić information content (AvgIpc) is 2.74. The van der Waals surface area contributed by atoms with E-state index in [1.807, 2.05) is 11.8 Å². The molecule has 2 aliphatic heterocycles. The summed E-state index contributed by atoms with van der Waals surface area (Å²) in [6.45, 7) is 4.38. The number of anilines is 1. The van der Waals surface area contributed by atoms with Crippen LogP contribution in [0.25, 0.3) is 0 Å². The molecular weight excluding hydrogens is 252 g/mol. The van der Waals surface area contributed by atoms with Crippen LogP contribution in [-0.4, -0.2) is 46.5 Å². The van der Waals surface area contributed by atoms with Crippen LogP contribution >= 0.6 is 11.6 Å². The van der Waals surface area contributed by atoms with Gasteiger partial charge in [0.25, 0.3) is 0 Å². The second-order valence-electron chi connectivity index (χ2n) is 4.84. The number of halogens is 1. The lowest BCUT2D eigenvalue weighted by atomic mass is 10.1. The molecule has 1 aromatic rings. The van der Waals surface area contributed by atoms with Gasteiger partial charge < -0.3 is 9.80 Å². The van der Waals surface area contributed by atoms with E-state index >= 15 is 0 Å². The Bertz CT molecular complexity index is 493. The van der Waals surface area contributed by atoms with Crippen molar-refractivity contribution < 1.29 is 4.79 Å². The van der Waals surface area contributed by atoms with E-state index in [0.29, 0.717) is 17.6 Å². The van der Waals surface area contributed by atoms with Crippen molar-refractivity contribution in [3.8, 4) is 0 Å². The van der Waals surface area contributed by atoms with Crippen LogP contribution in [0.15, 0.2) is 6.33 Å². The molecule has 0 aromatic carbocycles. The maximum atomic E-state index is 11.6. The van der Waals surface area contributed by atoms with Gasteiger partial charge in [-0.2, -0.15) is 0 Å². The molecule has 3 heterocycles. The van der Waals surface area contributed by atoms with Crippen LogP contribution in [0.5, 0.6) is 0 Å². The fourth-order valence-electron chi connectivity index (χ4n) is 2.80. The summed E-state index contributed by atoms with van der Waals surface area (Å²) in [6, 6.07) is 0.333. The molecule has 2 fully saturated rings. The van der Waals surface area contributed by atoms with Crippen LogP contribution in [0.1, 0.15) is 18.4 Å². The van der Waals surface area contributed by atoms with E-state index in [-0.39, 0.29) is 5.91 Å². The Morgan fingerprint density at radius 3 is 3.06 bits per heavy atom. The van der Waals surface area contributed by atoms with Crippen LogP contribution in [0.4, 0.5) is 5.82 Å². The molecule has 6 heteroatoms. The van der Waals surface area contributed by atoms with Gasteiger partial charge in [0, 0.05) is 37.7 Å². The highest BCUT2D eigenvalue weighted by molar-refractivity contribution is 6.30. The molecule has 2 saturated heterocycles. The summed E-state index contributed by atoms with van der Waals surface area (Å²) in [5.74, 6) is 1.19. The molecule has 0 aliphatic carbocycles. The van der Waals surface area contributed by atoms with E-state index < -0.39 is 0 Å². The van der Waals surface area contributed by atoms with Gasteiger partial charge in [0.1, 0.15) is 17.3 Å². The third-order valence-electron chi connectivity index (χ3n) is 3.79. The van der Waals surface area contributed by atoms with Crippen LogP contribution in [0.3, 0.4) is 0 Å². The van der Waals surface area contributed by atoms with Gasteiger partial charge in [-0.25, -0.2) is 9.97 Å². The Morgan fingerprint density at radius 2 is 2.22 bits per heavy atom. The van der Waals surface area contributed by atoms with Crippen LogP contribution < -0.4 is 4.90 Å². The highest BCUT2D eigenvalue weighted by Crippen LogP contribution is 2.28. The molecule has 0 N–H and O–H groups in total. The minimum absolute atomic E-state index is 0.289. The van der Waals surface area contributed by atoms with Crippen molar-refractivity contribution in [2.75, 3.05) is 24.5 Å². The molecule has 96 valence electrons. The third kappa shape index (κ3) is 1.82. The molecule has 3 rings (SSSR count). The van der Waals surface area contributed by atoms with Crippen molar-refractivity contribution in [3.63, 3.8) is 0 Å². The van der Waals surface area contributed by atoms with Crippen LogP contribution in [0.2, 0.25) is 5.15 Å². The quantitative estimate of drug-likeness (QED) is 0.718. The van der Waals surface area contributed by atoms with Crippen molar-refractivity contribution in [1.82, 2.24) is 14.9 Å². The standard InChI is InChI=1S/C12H15ClN4O/c1-8-11(13)14-7-15-12(8)16-4-5-17-9(6-16)2-3-10(17)18/h7,9H,2-6H2,1H3. The summed E-state index contributed by atoms with van der Waals surface area (Å²) in [5, 5.41) is 0.505. The lowest BCUT2D eigenvalue weighted by Gasteiger charge is -2.38. The van der Waals surface area contributed by atoms with Crippen molar-refractivity contribution in [2.24, 2.45) is 0 Å². The number of aromatic nitrogens is 2. The molecule has 1 aromatic heterocycles. The molecule has 0 bridgehead atoms. The SMILES string of the molecule is Cc1c(Cl)ncnc1N1CCN2C(=O)CCC2C1. The van der Waals surface area contributed by atoms with Crippen LogP contribution in [-0.2, 0) is 4.79 Å². The minimum atomic E-state index is 0.289. The summed E-state index contributed by atoms with van der Waals surface area (Å²) in [7, 11) is 0. The minimum Gasteiger partial charge on any atom is -0.352 e. The second kappa shape index (κ2) is 4.39. The molecule has 18 heavy (non-hydrogen) atoms. The van der Waals surface area contributed by atoms with E-state index in [4.69, 9.17) is 11.6 Å². The normalized spacial score (nSPS) is 23.4. The largest absolute Gasteiger partial charge is 0.352 e. The number of rotatable bonds is 1. The van der Waals surface area contributed by atoms with E-state index in [1.54, 1.807) is 0 Å². The number of carbonyl (C=O) groups excluding carboxylic acids is 1. The first-order chi connectivity index (χ1) is 8.66. The number of hydrogen-bond donors (Lipinski definition) is 0. The second-order valence-corrected chi connectivity index (χ2v) is 5.20. The Morgan fingerprint density at radius 1 is 1.39 bits per heavy atom. The van der Waals surface area contributed by atoms with Gasteiger partial charge in [-0.1, -0.05) is 11.6 Å². The third-order valence-corrected chi connectivity index (χ3v) is 4.17. The average molecular weight is 267 g/mol. The first-order valence-corrected chi connectivity index (χ1v) is 6.56. The molecular formula is C12H15ClN4O. The highest BCUT2D eigenvalue weighted by atomic mass is 35.5. The van der Waals surface area contributed by atoms with Crippen molar-refractivity contribution >= 4 is 23.3 Å². The van der Waals surface area contributed by atoms with Gasteiger partial charge in [0.05, 0.1) is 0 Å². The predicted molar refractivity (Wildman–Crippen MR) is 68.7 cm³/mol. The summed E-state index contributed by atoms with van der Waals surface area (Å²) in [6.07, 6.45) is 3.13. The van der Waals surface area contributed by atoms with Crippen molar-refractivity contribution in [3.05, 3.63) is 17.0 Å². The number of amides is 1. The number of hydrogen-bond acceptors (Lipinski definition) is 4. The number of piperazine rings is 1. The molecule has 0 spiro atoms. The van der Waals surface area contributed by atoms with Gasteiger partial charge in [-0.3, -0.25) is 4.79 Å². The van der Waals surface area contributed by atoms with Gasteiger partial charge in [-0.05, 0) is 13.3 Å². The number of nitrogens with zero attached hydrogens (tertiary/aromatic N) is 4. The Hall–Kier alpha value is -1.36. The first kappa shape index (κ1) is 11.7. The molecule has 2 aliphatic rings. The molecule has 1 amide bonds. The van der Waals surface area contributed by atoms with Gasteiger partial charge in [0.15, 0.2) is 0 Å². The summed E-state index contributed by atoms with van der Waals surface area (Å²) in [5.41, 5.74) is 0.914. The maximum absolute atomic E-state index is 11.6. The van der Waals surface area contributed by atoms with E-state index in [2.05, 4.69) is 14.9 Å². The zero-order valence-corrected chi connectivity index (χ0v) is 11.0. The van der Waals surface area contributed by atoms with E-state index in [0.717, 1.165) is 37.4 Å². The molecule has 1 atom stereocenters. The number of fused-ring (bicyclic) bond motifs is 1. The highest BCUT2D eigenvalue weighted by Gasteiger charge is 2.36. The summed E-state index contributed by atoms with van der Waals surface area (Å²) < 4.78 is 0. The molecule has 0 radical (unpaired) electrons. The predicted octanol–water partition coefficient (Wildman–Crippen LogP) is 1.25. The monoisotopic (exact) mass is 266 g/mol. The fraction of sp³-hybridized carbons (Fsp3) is 0.583. The summed E-state index contributed by atoms with van der Waals surface area (Å²) >= 11 is 6.03. The van der Waals surface area contributed by atoms with E-state index in [9.17, 15) is 4.79 Å². The molecule has 5 nitrogen and oxygen atoms in total. The van der Waals surface area contributed by atoms with Crippen molar-refractivity contribution in [2.45, 2.75) is 25.8 Å². The Balaban J connectivity index is 1.83. The topological polar surface area (TPSA) is 49.3 Å². The zero-order valence-electron chi connectivity index (χ0n) is 10.3. The fourth-order valence-corrected chi connectivity index (χ4v) is 2.92. The molecule has 1 unspecified atom stereocenters. The van der Waals surface area contributed by atoms with E-state index in [1.165, 1.54) is 6.33 Å². The lowest BCUT2D eigenvalue weighted by molar-refractivity contribution is -0.129. The first-order valence-electron chi connectivity index (χ1n) is 6.18. The Kier molecular flexibility index (Phi) is 2.86. The van der Waals surface area contributed by atoms with Crippen molar-refractivity contribution in [1.29, 1.82) is 0 Å². The van der Waals surface area contributed by atoms with Gasteiger partial charge >= 0.3 is 0 Å². The zero-order chi connectivity index (χ0) is 12.7. The lowest BCUT2D eigenvalue weighted by Crippen LogP contribution is -2.51. The molecule has 0 saturated carbocycles. The Labute approximate surface area is 111 Å². The van der Waals surface area contributed by atoms with Crippen LogP contribution in [0, 0.1) is 6.92 Å². The summed E-state index contributed by atoms with van der Waals surface area (Å²) in [4.78, 5) is 24.1. The smallest absolute Gasteiger partial charge is 0.223 e. The van der Waals surface area contributed by atoms with Gasteiger partial charge in [0.2, 0.25) is 5.91 Å². The maximum Gasteiger partial charge on any atom is 0.223 e. The van der Waals surface area contributed by atoms with Gasteiger partial charge in [-0.15, -0.1) is 0 Å².